The second kappa shape index (κ2) is 5.84. The van der Waals surface area contributed by atoms with Gasteiger partial charge >= 0.3 is 5.97 Å². The molecule has 1 aliphatic heterocycles. The van der Waals surface area contributed by atoms with E-state index < -0.39 is 5.97 Å². The van der Waals surface area contributed by atoms with E-state index in [4.69, 9.17) is 5.11 Å². The molecule has 1 heterocycles. The molecular weight excluding hydrogens is 208 g/mol. The number of likely N-dealkylation sites (tertiary alicyclic amines) is 1. The molecule has 0 spiro atoms. The minimum atomic E-state index is -0.736. The quantitative estimate of drug-likeness (QED) is 0.750. The van der Waals surface area contributed by atoms with Gasteiger partial charge in [-0.15, -0.1) is 0 Å². The van der Waals surface area contributed by atoms with Gasteiger partial charge in [-0.25, -0.2) is 0 Å². The SMILES string of the molecule is CN(C)CCC(=O)N1CCC(C(=O)O)CC1. The van der Waals surface area contributed by atoms with E-state index >= 15 is 0 Å². The number of nitrogens with zero attached hydrogens (tertiary/aromatic N) is 2. The maximum Gasteiger partial charge on any atom is 0.306 e. The molecule has 0 atom stereocenters. The van der Waals surface area contributed by atoms with Crippen LogP contribution in [0.3, 0.4) is 0 Å². The van der Waals surface area contributed by atoms with Crippen LogP contribution in [-0.4, -0.2) is 60.5 Å². The first-order valence-electron chi connectivity index (χ1n) is 5.66. The third kappa shape index (κ3) is 3.81. The maximum absolute atomic E-state index is 11.7. The average molecular weight is 228 g/mol. The van der Waals surface area contributed by atoms with E-state index in [1.54, 1.807) is 4.90 Å². The van der Waals surface area contributed by atoms with Gasteiger partial charge in [0.15, 0.2) is 0 Å². The van der Waals surface area contributed by atoms with E-state index in [0.717, 1.165) is 6.54 Å². The zero-order valence-corrected chi connectivity index (χ0v) is 9.98. The molecule has 92 valence electrons. The van der Waals surface area contributed by atoms with Gasteiger partial charge in [0.1, 0.15) is 0 Å². The lowest BCUT2D eigenvalue weighted by Gasteiger charge is -2.30. The highest BCUT2D eigenvalue weighted by molar-refractivity contribution is 5.77. The normalized spacial score (nSPS) is 17.8. The van der Waals surface area contributed by atoms with Crippen molar-refractivity contribution in [3.05, 3.63) is 0 Å². The van der Waals surface area contributed by atoms with Crippen molar-refractivity contribution in [1.82, 2.24) is 9.80 Å². The molecule has 0 aromatic carbocycles. The van der Waals surface area contributed by atoms with Gasteiger partial charge in [0, 0.05) is 26.1 Å². The first-order chi connectivity index (χ1) is 7.50. The molecule has 16 heavy (non-hydrogen) atoms. The summed E-state index contributed by atoms with van der Waals surface area (Å²) < 4.78 is 0. The van der Waals surface area contributed by atoms with Crippen LogP contribution in [0.2, 0.25) is 0 Å². The number of hydrogen-bond donors (Lipinski definition) is 1. The molecule has 0 unspecified atom stereocenters. The zero-order valence-electron chi connectivity index (χ0n) is 9.98. The van der Waals surface area contributed by atoms with Crippen molar-refractivity contribution in [3.8, 4) is 0 Å². The van der Waals surface area contributed by atoms with Gasteiger partial charge in [0.05, 0.1) is 5.92 Å². The van der Waals surface area contributed by atoms with Crippen LogP contribution in [0, 0.1) is 5.92 Å². The predicted octanol–water partition coefficient (Wildman–Crippen LogP) is 0.261. The van der Waals surface area contributed by atoms with Crippen LogP contribution in [0.25, 0.3) is 0 Å². The van der Waals surface area contributed by atoms with Crippen molar-refractivity contribution in [1.29, 1.82) is 0 Å². The van der Waals surface area contributed by atoms with Crippen LogP contribution >= 0.6 is 0 Å². The van der Waals surface area contributed by atoms with E-state index in [1.807, 2.05) is 19.0 Å². The van der Waals surface area contributed by atoms with Crippen LogP contribution in [0.5, 0.6) is 0 Å². The van der Waals surface area contributed by atoms with Gasteiger partial charge in [-0.2, -0.15) is 0 Å². The molecule has 1 amide bonds. The van der Waals surface area contributed by atoms with Crippen LogP contribution in [-0.2, 0) is 9.59 Å². The van der Waals surface area contributed by atoms with Crippen LogP contribution in [0.15, 0.2) is 0 Å². The predicted molar refractivity (Wildman–Crippen MR) is 60.1 cm³/mol. The Morgan fingerprint density at radius 1 is 1.31 bits per heavy atom. The summed E-state index contributed by atoms with van der Waals surface area (Å²) in [5.41, 5.74) is 0. The largest absolute Gasteiger partial charge is 0.481 e. The number of hydrogen-bond acceptors (Lipinski definition) is 3. The summed E-state index contributed by atoms with van der Waals surface area (Å²) in [7, 11) is 3.87. The van der Waals surface area contributed by atoms with E-state index in [0.29, 0.717) is 32.4 Å². The Kier molecular flexibility index (Phi) is 4.73. The van der Waals surface area contributed by atoms with E-state index in [9.17, 15) is 9.59 Å². The Morgan fingerprint density at radius 2 is 1.88 bits per heavy atom. The molecule has 1 N–H and O–H groups in total. The molecule has 0 bridgehead atoms. The first kappa shape index (κ1) is 13.0. The summed E-state index contributed by atoms with van der Waals surface area (Å²) in [6, 6.07) is 0. The van der Waals surface area contributed by atoms with Gasteiger partial charge in [0.25, 0.3) is 0 Å². The lowest BCUT2D eigenvalue weighted by Crippen LogP contribution is -2.41. The summed E-state index contributed by atoms with van der Waals surface area (Å²) in [6.45, 7) is 1.92. The first-order valence-corrected chi connectivity index (χ1v) is 5.66. The standard InChI is InChI=1S/C11H20N2O3/c1-12(2)6-5-10(14)13-7-3-9(4-8-13)11(15)16/h9H,3-8H2,1-2H3,(H,15,16). The number of piperidine rings is 1. The van der Waals surface area contributed by atoms with E-state index in [-0.39, 0.29) is 11.8 Å². The van der Waals surface area contributed by atoms with Crippen molar-refractivity contribution in [2.75, 3.05) is 33.7 Å². The summed E-state index contributed by atoms with van der Waals surface area (Å²) in [5, 5.41) is 8.83. The molecule has 5 nitrogen and oxygen atoms in total. The third-order valence-electron chi connectivity index (χ3n) is 2.97. The van der Waals surface area contributed by atoms with Crippen molar-refractivity contribution in [2.45, 2.75) is 19.3 Å². The van der Waals surface area contributed by atoms with Gasteiger partial charge in [-0.1, -0.05) is 0 Å². The second-order valence-corrected chi connectivity index (χ2v) is 4.55. The number of aliphatic carboxylic acids is 1. The molecular formula is C11H20N2O3. The van der Waals surface area contributed by atoms with Crippen LogP contribution in [0.4, 0.5) is 0 Å². The Labute approximate surface area is 96.0 Å². The molecule has 1 aliphatic rings. The minimum Gasteiger partial charge on any atom is -0.481 e. The zero-order chi connectivity index (χ0) is 12.1. The van der Waals surface area contributed by atoms with E-state index in [2.05, 4.69) is 0 Å². The molecule has 0 aliphatic carbocycles. The smallest absolute Gasteiger partial charge is 0.306 e. The molecule has 1 rings (SSSR count). The maximum atomic E-state index is 11.7. The van der Waals surface area contributed by atoms with Crippen molar-refractivity contribution >= 4 is 11.9 Å². The summed E-state index contributed by atoms with van der Waals surface area (Å²) >= 11 is 0. The number of amides is 1. The second-order valence-electron chi connectivity index (χ2n) is 4.55. The molecule has 0 aromatic rings. The van der Waals surface area contributed by atoms with E-state index in [1.165, 1.54) is 0 Å². The third-order valence-corrected chi connectivity index (χ3v) is 2.97. The number of carbonyl (C=O) groups is 2. The Bertz CT molecular complexity index is 258. The van der Waals surface area contributed by atoms with Gasteiger partial charge in [-0.05, 0) is 26.9 Å². The highest BCUT2D eigenvalue weighted by Gasteiger charge is 2.26. The lowest BCUT2D eigenvalue weighted by atomic mass is 9.97. The van der Waals surface area contributed by atoms with Crippen molar-refractivity contribution in [2.24, 2.45) is 5.92 Å². The monoisotopic (exact) mass is 228 g/mol. The van der Waals surface area contributed by atoms with Gasteiger partial charge < -0.3 is 14.9 Å². The fraction of sp³-hybridized carbons (Fsp3) is 0.818. The molecule has 0 saturated carbocycles. The molecule has 1 fully saturated rings. The molecule has 5 heteroatoms. The van der Waals surface area contributed by atoms with Gasteiger partial charge in [-0.3, -0.25) is 9.59 Å². The minimum absolute atomic E-state index is 0.137. The van der Waals surface area contributed by atoms with Gasteiger partial charge in [0.2, 0.25) is 5.91 Å². The molecule has 1 saturated heterocycles. The van der Waals surface area contributed by atoms with Crippen molar-refractivity contribution < 1.29 is 14.7 Å². The summed E-state index contributed by atoms with van der Waals surface area (Å²) in [4.78, 5) is 26.2. The summed E-state index contributed by atoms with van der Waals surface area (Å²) in [6.07, 6.45) is 1.69. The highest BCUT2D eigenvalue weighted by atomic mass is 16.4. The average Bonchev–Trinajstić information content (AvgIpc) is 2.26. The lowest BCUT2D eigenvalue weighted by molar-refractivity contribution is -0.145. The highest BCUT2D eigenvalue weighted by Crippen LogP contribution is 2.17. The topological polar surface area (TPSA) is 60.9 Å². The Balaban J connectivity index is 2.30. The van der Waals surface area contributed by atoms with Crippen LogP contribution in [0.1, 0.15) is 19.3 Å². The molecule has 0 radical (unpaired) electrons. The van der Waals surface area contributed by atoms with Crippen LogP contribution < -0.4 is 0 Å². The van der Waals surface area contributed by atoms with Crippen molar-refractivity contribution in [3.63, 3.8) is 0 Å². The fourth-order valence-electron chi connectivity index (χ4n) is 1.85. The number of rotatable bonds is 4. The number of carboxylic acid groups (broad SMARTS) is 1. The number of carbonyl (C=O) groups excluding carboxylic acids is 1. The number of carboxylic acids is 1. The molecule has 0 aromatic heterocycles. The summed E-state index contributed by atoms with van der Waals surface area (Å²) in [5.74, 6) is -0.865. The Hall–Kier alpha value is -1.10. The fourth-order valence-corrected chi connectivity index (χ4v) is 1.85. The Morgan fingerprint density at radius 3 is 2.31 bits per heavy atom.